The van der Waals surface area contributed by atoms with Gasteiger partial charge in [0.2, 0.25) is 0 Å². The Bertz CT molecular complexity index is 840. The van der Waals surface area contributed by atoms with Crippen molar-refractivity contribution < 1.29 is 51.3 Å². The number of hydrogen-bond donors (Lipinski definition) is 0. The average Bonchev–Trinajstić information content (AvgIpc) is 3.13. The third-order valence-corrected chi connectivity index (χ3v) is 6.26. The molecule has 0 radical (unpaired) electrons. The van der Waals surface area contributed by atoms with E-state index >= 15 is 0 Å². The summed E-state index contributed by atoms with van der Waals surface area (Å²) in [7, 11) is 0. The van der Waals surface area contributed by atoms with E-state index in [4.69, 9.17) is 14.2 Å². The molecular formula is C24H33F3O8. The molecule has 2 aliphatic carbocycles. The van der Waals surface area contributed by atoms with Crippen molar-refractivity contribution in [2.24, 2.45) is 29.1 Å². The van der Waals surface area contributed by atoms with Crippen molar-refractivity contribution in [2.75, 3.05) is 19.8 Å². The van der Waals surface area contributed by atoms with Gasteiger partial charge < -0.3 is 18.9 Å². The molecule has 0 heterocycles. The summed E-state index contributed by atoms with van der Waals surface area (Å²) in [5, 5.41) is 0. The van der Waals surface area contributed by atoms with Gasteiger partial charge in [0.1, 0.15) is 5.60 Å². The Kier molecular flexibility index (Phi) is 8.65. The van der Waals surface area contributed by atoms with Gasteiger partial charge in [0.05, 0.1) is 25.0 Å². The molecule has 8 nitrogen and oxygen atoms in total. The molecule has 0 aromatic carbocycles. The van der Waals surface area contributed by atoms with E-state index < -0.39 is 71.3 Å². The lowest BCUT2D eigenvalue weighted by Gasteiger charge is -2.39. The molecule has 0 N–H and O–H groups in total. The fraction of sp³-hybridized carbons (Fsp3) is 0.750. The van der Waals surface area contributed by atoms with Crippen LogP contribution in [-0.2, 0) is 38.1 Å². The van der Waals surface area contributed by atoms with Crippen molar-refractivity contribution in [1.82, 2.24) is 0 Å². The monoisotopic (exact) mass is 506 g/mol. The second kappa shape index (κ2) is 10.6. The topological polar surface area (TPSA) is 105 Å². The standard InChI is InChI=1S/C24H33F3O8/c1-7-32-20(30)23(21(31)33-8-2)10-15-13(3)9-14(18(28)35-22(4,5)6)17(16(15)11-23)19(29)34-12-24(25,26)27/h14-17H,3,7-12H2,1-2,4-6H3/t14-,15+,16+,17+/m1/s1. The molecule has 2 rings (SSSR count). The zero-order valence-electron chi connectivity index (χ0n) is 20.7. The van der Waals surface area contributed by atoms with Crippen LogP contribution in [0, 0.1) is 29.1 Å². The van der Waals surface area contributed by atoms with Crippen LogP contribution in [0.25, 0.3) is 0 Å². The molecule has 11 heteroatoms. The number of fused-ring (bicyclic) bond motifs is 1. The predicted molar refractivity (Wildman–Crippen MR) is 116 cm³/mol. The lowest BCUT2D eigenvalue weighted by Crippen LogP contribution is -2.45. The molecule has 0 unspecified atom stereocenters. The Morgan fingerprint density at radius 3 is 1.94 bits per heavy atom. The minimum Gasteiger partial charge on any atom is -0.465 e. The SMILES string of the molecule is C=C1C[C@@H](C(=O)OC(C)(C)C)[C@H](C(=O)OCC(F)(F)F)[C@H]2CC(C(=O)OCC)(C(=O)OCC)C[C@@H]12. The molecule has 2 saturated carbocycles. The first kappa shape index (κ1) is 28.6. The summed E-state index contributed by atoms with van der Waals surface area (Å²) in [4.78, 5) is 51.9. The maximum Gasteiger partial charge on any atom is 0.422 e. The highest BCUT2D eigenvalue weighted by Crippen LogP contribution is 2.58. The molecule has 0 amide bonds. The van der Waals surface area contributed by atoms with Gasteiger partial charge in [-0.2, -0.15) is 13.2 Å². The van der Waals surface area contributed by atoms with Crippen LogP contribution in [0.5, 0.6) is 0 Å². The summed E-state index contributed by atoms with van der Waals surface area (Å²) in [6, 6.07) is 0. The highest BCUT2D eigenvalue weighted by molar-refractivity contribution is 6.01. The van der Waals surface area contributed by atoms with Crippen molar-refractivity contribution in [3.05, 3.63) is 12.2 Å². The van der Waals surface area contributed by atoms with Crippen molar-refractivity contribution in [2.45, 2.75) is 65.7 Å². The molecule has 35 heavy (non-hydrogen) atoms. The van der Waals surface area contributed by atoms with Gasteiger partial charge in [-0.05, 0) is 65.7 Å². The van der Waals surface area contributed by atoms with Gasteiger partial charge in [-0.1, -0.05) is 12.2 Å². The molecule has 198 valence electrons. The number of allylic oxidation sites excluding steroid dienone is 1. The molecular weight excluding hydrogens is 473 g/mol. The van der Waals surface area contributed by atoms with E-state index in [1.54, 1.807) is 34.6 Å². The van der Waals surface area contributed by atoms with E-state index in [0.717, 1.165) is 0 Å². The predicted octanol–water partition coefficient (Wildman–Crippen LogP) is 3.76. The third-order valence-electron chi connectivity index (χ3n) is 6.26. The molecule has 2 fully saturated rings. The second-order valence-corrected chi connectivity index (χ2v) is 9.95. The largest absolute Gasteiger partial charge is 0.465 e. The number of carbonyl (C=O) groups excluding carboxylic acids is 4. The van der Waals surface area contributed by atoms with Crippen LogP contribution >= 0.6 is 0 Å². The van der Waals surface area contributed by atoms with Gasteiger partial charge in [-0.3, -0.25) is 19.2 Å². The summed E-state index contributed by atoms with van der Waals surface area (Å²) >= 11 is 0. The quantitative estimate of drug-likeness (QED) is 0.222. The molecule has 0 saturated heterocycles. The normalized spacial score (nSPS) is 25.9. The second-order valence-electron chi connectivity index (χ2n) is 9.95. The van der Waals surface area contributed by atoms with Crippen LogP contribution in [0.1, 0.15) is 53.9 Å². The maximum atomic E-state index is 13.0. The molecule has 0 aromatic rings. The highest BCUT2D eigenvalue weighted by Gasteiger charge is 2.63. The van der Waals surface area contributed by atoms with E-state index in [0.29, 0.717) is 5.57 Å². The van der Waals surface area contributed by atoms with Gasteiger partial charge in [0.15, 0.2) is 12.0 Å². The van der Waals surface area contributed by atoms with E-state index in [-0.39, 0.29) is 32.5 Å². The molecule has 4 atom stereocenters. The molecule has 0 spiro atoms. The van der Waals surface area contributed by atoms with Crippen molar-refractivity contribution in [3.63, 3.8) is 0 Å². The summed E-state index contributed by atoms with van der Waals surface area (Å²) < 4.78 is 58.6. The van der Waals surface area contributed by atoms with E-state index in [2.05, 4.69) is 11.3 Å². The molecule has 2 aliphatic rings. The fourth-order valence-electron chi connectivity index (χ4n) is 4.99. The van der Waals surface area contributed by atoms with Crippen LogP contribution in [0.2, 0.25) is 0 Å². The zero-order valence-corrected chi connectivity index (χ0v) is 20.7. The van der Waals surface area contributed by atoms with Gasteiger partial charge in [0.25, 0.3) is 0 Å². The number of alkyl halides is 3. The van der Waals surface area contributed by atoms with Gasteiger partial charge in [-0.25, -0.2) is 0 Å². The lowest BCUT2D eigenvalue weighted by molar-refractivity contribution is -0.195. The van der Waals surface area contributed by atoms with Crippen molar-refractivity contribution in [3.8, 4) is 0 Å². The van der Waals surface area contributed by atoms with Gasteiger partial charge in [0, 0.05) is 0 Å². The first-order chi connectivity index (χ1) is 16.1. The fourth-order valence-corrected chi connectivity index (χ4v) is 4.99. The average molecular weight is 507 g/mol. The Morgan fingerprint density at radius 2 is 1.49 bits per heavy atom. The summed E-state index contributed by atoms with van der Waals surface area (Å²) in [5.41, 5.74) is -2.22. The molecule has 0 aliphatic heterocycles. The Hall–Kier alpha value is -2.59. The maximum absolute atomic E-state index is 13.0. The zero-order chi connectivity index (χ0) is 26.8. The Labute approximate surface area is 202 Å². The van der Waals surface area contributed by atoms with Crippen LogP contribution in [0.4, 0.5) is 13.2 Å². The summed E-state index contributed by atoms with van der Waals surface area (Å²) in [6.45, 7) is 10.1. The van der Waals surface area contributed by atoms with Crippen LogP contribution in [0.15, 0.2) is 12.2 Å². The first-order valence-corrected chi connectivity index (χ1v) is 11.5. The number of esters is 4. The van der Waals surface area contributed by atoms with Crippen LogP contribution in [0.3, 0.4) is 0 Å². The number of hydrogen-bond acceptors (Lipinski definition) is 8. The Morgan fingerprint density at radius 1 is 0.943 bits per heavy atom. The Balaban J connectivity index is 2.52. The smallest absolute Gasteiger partial charge is 0.422 e. The molecule has 0 bridgehead atoms. The number of halogens is 3. The lowest BCUT2D eigenvalue weighted by atomic mass is 9.66. The van der Waals surface area contributed by atoms with Crippen LogP contribution < -0.4 is 0 Å². The van der Waals surface area contributed by atoms with Gasteiger partial charge >= 0.3 is 30.1 Å². The number of rotatable bonds is 7. The summed E-state index contributed by atoms with van der Waals surface area (Å²) in [6.07, 6.45) is -5.20. The number of carbonyl (C=O) groups is 4. The highest BCUT2D eigenvalue weighted by atomic mass is 19.4. The summed E-state index contributed by atoms with van der Waals surface area (Å²) in [5.74, 6) is -7.82. The number of ether oxygens (including phenoxy) is 4. The third kappa shape index (κ3) is 6.55. The van der Waals surface area contributed by atoms with Crippen LogP contribution in [-0.4, -0.2) is 55.5 Å². The van der Waals surface area contributed by atoms with Gasteiger partial charge in [-0.15, -0.1) is 0 Å². The minimum absolute atomic E-state index is 0.0200. The van der Waals surface area contributed by atoms with E-state index in [9.17, 15) is 32.3 Å². The van der Waals surface area contributed by atoms with Crippen molar-refractivity contribution in [1.29, 1.82) is 0 Å². The minimum atomic E-state index is -4.77. The van der Waals surface area contributed by atoms with E-state index in [1.165, 1.54) is 0 Å². The molecule has 0 aromatic heterocycles. The van der Waals surface area contributed by atoms with E-state index in [1.807, 2.05) is 0 Å². The first-order valence-electron chi connectivity index (χ1n) is 11.5. The van der Waals surface area contributed by atoms with Crippen molar-refractivity contribution >= 4 is 23.9 Å².